The highest BCUT2D eigenvalue weighted by atomic mass is 32.2. The third-order valence-electron chi connectivity index (χ3n) is 5.00. The molecule has 1 aromatic rings. The summed E-state index contributed by atoms with van der Waals surface area (Å²) in [5.74, 6) is 0.876. The SMILES string of the molecule is COc1ccc(CN(C)C(=O)CS(=O)(=O)NC2CCC(C)CC2)c(OC)c1. The van der Waals surface area contributed by atoms with Crippen LogP contribution in [0.2, 0.25) is 0 Å². The van der Waals surface area contributed by atoms with Crippen molar-refractivity contribution in [2.24, 2.45) is 5.92 Å². The van der Waals surface area contributed by atoms with Crippen molar-refractivity contribution in [2.45, 2.75) is 45.2 Å². The van der Waals surface area contributed by atoms with E-state index in [2.05, 4.69) is 11.6 Å². The van der Waals surface area contributed by atoms with E-state index < -0.39 is 21.7 Å². The molecule has 1 aliphatic carbocycles. The van der Waals surface area contributed by atoms with Crippen LogP contribution in [0.25, 0.3) is 0 Å². The summed E-state index contributed by atoms with van der Waals surface area (Å²) in [5, 5.41) is 0. The van der Waals surface area contributed by atoms with Crippen molar-refractivity contribution in [3.8, 4) is 11.5 Å². The highest BCUT2D eigenvalue weighted by Gasteiger charge is 2.26. The Hall–Kier alpha value is -1.80. The van der Waals surface area contributed by atoms with E-state index in [-0.39, 0.29) is 12.6 Å². The zero-order chi connectivity index (χ0) is 20.0. The second-order valence-corrected chi connectivity index (χ2v) is 9.02. The van der Waals surface area contributed by atoms with Gasteiger partial charge in [-0.2, -0.15) is 0 Å². The number of hydrogen-bond acceptors (Lipinski definition) is 5. The summed E-state index contributed by atoms with van der Waals surface area (Å²) in [5.41, 5.74) is 0.778. The number of methoxy groups -OCH3 is 2. The monoisotopic (exact) mass is 398 g/mol. The van der Waals surface area contributed by atoms with Gasteiger partial charge < -0.3 is 14.4 Å². The molecule has 7 nitrogen and oxygen atoms in total. The van der Waals surface area contributed by atoms with Crippen LogP contribution in [-0.2, 0) is 21.4 Å². The number of nitrogens with zero attached hydrogens (tertiary/aromatic N) is 1. The molecule has 1 N–H and O–H groups in total. The van der Waals surface area contributed by atoms with Gasteiger partial charge >= 0.3 is 0 Å². The maximum atomic E-state index is 12.4. The average molecular weight is 399 g/mol. The van der Waals surface area contributed by atoms with Crippen LogP contribution in [0.15, 0.2) is 18.2 Å². The summed E-state index contributed by atoms with van der Waals surface area (Å²) in [6, 6.07) is 5.25. The standard InChI is InChI=1S/C19H30N2O5S/c1-14-5-8-16(9-6-14)20-27(23,24)13-19(22)21(2)12-15-7-10-17(25-3)11-18(15)26-4/h7,10-11,14,16,20H,5-6,8-9,12-13H2,1-4H3. The highest BCUT2D eigenvalue weighted by Crippen LogP contribution is 2.26. The molecule has 8 heteroatoms. The molecule has 0 aliphatic heterocycles. The second-order valence-electron chi connectivity index (χ2n) is 7.26. The zero-order valence-corrected chi connectivity index (χ0v) is 17.3. The number of amides is 1. The van der Waals surface area contributed by atoms with Gasteiger partial charge in [-0.3, -0.25) is 4.79 Å². The lowest BCUT2D eigenvalue weighted by molar-refractivity contribution is -0.127. The van der Waals surface area contributed by atoms with Gasteiger partial charge in [0.1, 0.15) is 17.3 Å². The second kappa shape index (κ2) is 9.41. The molecule has 0 unspecified atom stereocenters. The van der Waals surface area contributed by atoms with Gasteiger partial charge in [-0.15, -0.1) is 0 Å². The van der Waals surface area contributed by atoms with Gasteiger partial charge in [-0.05, 0) is 43.7 Å². The lowest BCUT2D eigenvalue weighted by atomic mass is 9.88. The van der Waals surface area contributed by atoms with Gasteiger partial charge in [0.05, 0.1) is 14.2 Å². The quantitative estimate of drug-likeness (QED) is 0.725. The molecular weight excluding hydrogens is 368 g/mol. The maximum Gasteiger partial charge on any atom is 0.239 e. The van der Waals surface area contributed by atoms with Crippen LogP contribution in [0.1, 0.15) is 38.2 Å². The first-order valence-electron chi connectivity index (χ1n) is 9.19. The van der Waals surface area contributed by atoms with Crippen molar-refractivity contribution in [1.82, 2.24) is 9.62 Å². The molecule has 0 radical (unpaired) electrons. The van der Waals surface area contributed by atoms with E-state index in [0.717, 1.165) is 31.2 Å². The van der Waals surface area contributed by atoms with E-state index in [1.54, 1.807) is 39.5 Å². The molecule has 1 amide bonds. The third kappa shape index (κ3) is 6.39. The number of nitrogens with one attached hydrogen (secondary N) is 1. The Labute approximate surface area is 162 Å². The Bertz CT molecular complexity index is 742. The van der Waals surface area contributed by atoms with Gasteiger partial charge in [0.15, 0.2) is 0 Å². The van der Waals surface area contributed by atoms with Gasteiger partial charge in [0.25, 0.3) is 0 Å². The number of carbonyl (C=O) groups is 1. The third-order valence-corrected chi connectivity index (χ3v) is 6.32. The molecule has 0 spiro atoms. The topological polar surface area (TPSA) is 84.9 Å². The fraction of sp³-hybridized carbons (Fsp3) is 0.632. The molecule has 0 atom stereocenters. The number of sulfonamides is 1. The molecule has 1 aromatic carbocycles. The molecule has 2 rings (SSSR count). The molecular formula is C19H30N2O5S. The van der Waals surface area contributed by atoms with Crippen LogP contribution in [0, 0.1) is 5.92 Å². The van der Waals surface area contributed by atoms with Crippen LogP contribution in [0.3, 0.4) is 0 Å². The van der Waals surface area contributed by atoms with E-state index >= 15 is 0 Å². The van der Waals surface area contributed by atoms with Crippen molar-refractivity contribution in [2.75, 3.05) is 27.0 Å². The number of rotatable bonds is 8. The molecule has 1 fully saturated rings. The lowest BCUT2D eigenvalue weighted by Gasteiger charge is -2.27. The zero-order valence-electron chi connectivity index (χ0n) is 16.5. The molecule has 1 saturated carbocycles. The summed E-state index contributed by atoms with van der Waals surface area (Å²) in [6.07, 6.45) is 3.68. The first kappa shape index (κ1) is 21.5. The molecule has 0 saturated heterocycles. The molecule has 0 aromatic heterocycles. The summed E-state index contributed by atoms with van der Waals surface area (Å²) in [7, 11) is 1.04. The molecule has 0 bridgehead atoms. The summed E-state index contributed by atoms with van der Waals surface area (Å²) >= 11 is 0. The average Bonchev–Trinajstić information content (AvgIpc) is 2.63. The van der Waals surface area contributed by atoms with Gasteiger partial charge in [-0.25, -0.2) is 13.1 Å². The van der Waals surface area contributed by atoms with E-state index in [9.17, 15) is 13.2 Å². The summed E-state index contributed by atoms with van der Waals surface area (Å²) in [6.45, 7) is 2.43. The van der Waals surface area contributed by atoms with E-state index in [4.69, 9.17) is 9.47 Å². The maximum absolute atomic E-state index is 12.4. The minimum absolute atomic E-state index is 0.0639. The smallest absolute Gasteiger partial charge is 0.239 e. The minimum atomic E-state index is -3.65. The largest absolute Gasteiger partial charge is 0.497 e. The van der Waals surface area contributed by atoms with Gasteiger partial charge in [-0.1, -0.05) is 6.92 Å². The number of carbonyl (C=O) groups excluding carboxylic acids is 1. The predicted octanol–water partition coefficient (Wildman–Crippen LogP) is 2.16. The van der Waals surface area contributed by atoms with Crippen LogP contribution >= 0.6 is 0 Å². The van der Waals surface area contributed by atoms with Crippen molar-refractivity contribution >= 4 is 15.9 Å². The van der Waals surface area contributed by atoms with Crippen LogP contribution in [0.5, 0.6) is 11.5 Å². The molecule has 1 aliphatic rings. The van der Waals surface area contributed by atoms with Crippen LogP contribution in [-0.4, -0.2) is 52.3 Å². The fourth-order valence-corrected chi connectivity index (χ4v) is 4.64. The van der Waals surface area contributed by atoms with E-state index in [1.165, 1.54) is 4.90 Å². The number of benzene rings is 1. The van der Waals surface area contributed by atoms with Crippen molar-refractivity contribution in [3.05, 3.63) is 23.8 Å². The molecule has 0 heterocycles. The molecule has 152 valence electrons. The predicted molar refractivity (Wildman–Crippen MR) is 104 cm³/mol. The minimum Gasteiger partial charge on any atom is -0.497 e. The normalized spacial score (nSPS) is 20.1. The van der Waals surface area contributed by atoms with Crippen molar-refractivity contribution in [1.29, 1.82) is 0 Å². The van der Waals surface area contributed by atoms with Crippen molar-refractivity contribution < 1.29 is 22.7 Å². The lowest BCUT2D eigenvalue weighted by Crippen LogP contribution is -2.42. The van der Waals surface area contributed by atoms with Gasteiger partial charge in [0, 0.05) is 31.3 Å². The van der Waals surface area contributed by atoms with Crippen LogP contribution in [0.4, 0.5) is 0 Å². The Kier molecular flexibility index (Phi) is 7.49. The summed E-state index contributed by atoms with van der Waals surface area (Å²) in [4.78, 5) is 13.8. The van der Waals surface area contributed by atoms with Crippen LogP contribution < -0.4 is 14.2 Å². The van der Waals surface area contributed by atoms with E-state index in [1.807, 2.05) is 0 Å². The highest BCUT2D eigenvalue weighted by molar-refractivity contribution is 7.90. The Morgan fingerprint density at radius 1 is 1.19 bits per heavy atom. The van der Waals surface area contributed by atoms with E-state index in [0.29, 0.717) is 17.4 Å². The van der Waals surface area contributed by atoms with Crippen molar-refractivity contribution in [3.63, 3.8) is 0 Å². The Morgan fingerprint density at radius 3 is 2.44 bits per heavy atom. The first-order chi connectivity index (χ1) is 12.7. The summed E-state index contributed by atoms with van der Waals surface area (Å²) < 4.78 is 37.9. The number of hydrogen-bond donors (Lipinski definition) is 1. The Morgan fingerprint density at radius 2 is 1.85 bits per heavy atom. The number of ether oxygens (including phenoxy) is 2. The Balaban J connectivity index is 1.94. The first-order valence-corrected chi connectivity index (χ1v) is 10.8. The van der Waals surface area contributed by atoms with Gasteiger partial charge in [0.2, 0.25) is 15.9 Å². The molecule has 27 heavy (non-hydrogen) atoms. The fourth-order valence-electron chi connectivity index (χ4n) is 3.27.